The van der Waals surface area contributed by atoms with Crippen molar-refractivity contribution >= 4 is 50.6 Å². The molecule has 0 spiro atoms. The number of rotatable bonds is 5. The minimum Gasteiger partial charge on any atom is -0.412 e. The predicted molar refractivity (Wildman–Crippen MR) is 127 cm³/mol. The molecular weight excluding hydrogens is 486 g/mol. The van der Waals surface area contributed by atoms with E-state index >= 15 is 0 Å². The maximum Gasteiger partial charge on any atom is 0.0730 e. The fourth-order valence-corrected chi connectivity index (χ4v) is 3.25. The smallest absolute Gasteiger partial charge is 0.0730 e. The highest BCUT2D eigenvalue weighted by molar-refractivity contribution is 8.93. The van der Waals surface area contributed by atoms with Crippen molar-refractivity contribution in [3.05, 3.63) is 60.7 Å². The van der Waals surface area contributed by atoms with Gasteiger partial charge >= 0.3 is 0 Å². The first-order valence-corrected chi connectivity index (χ1v) is 8.89. The Kier molecular flexibility index (Phi) is 10.6. The first-order valence-electron chi connectivity index (χ1n) is 8.89. The van der Waals surface area contributed by atoms with Gasteiger partial charge in [0.25, 0.3) is 0 Å². The summed E-state index contributed by atoms with van der Waals surface area (Å²) in [6.45, 7) is 5.68. The number of aromatic nitrogens is 1. The summed E-state index contributed by atoms with van der Waals surface area (Å²) in [7, 11) is 0. The molecule has 0 unspecified atom stereocenters. The molecule has 0 bridgehead atoms. The van der Waals surface area contributed by atoms with Crippen molar-refractivity contribution in [2.24, 2.45) is 0 Å². The summed E-state index contributed by atoms with van der Waals surface area (Å²) < 4.78 is 5.42. The van der Waals surface area contributed by atoms with E-state index < -0.39 is 0 Å². The van der Waals surface area contributed by atoms with Crippen LogP contribution in [0.15, 0.2) is 60.7 Å². The van der Waals surface area contributed by atoms with Gasteiger partial charge in [0, 0.05) is 42.8 Å². The number of hydrogen-bond donors (Lipinski definition) is 1. The number of pyridine rings is 1. The highest BCUT2D eigenvalue weighted by atomic mass is 79.9. The number of para-hydroxylation sites is 1. The van der Waals surface area contributed by atoms with Crippen LogP contribution in [-0.4, -0.2) is 54.8 Å². The van der Waals surface area contributed by atoms with E-state index in [4.69, 9.17) is 9.72 Å². The fraction of sp³-hybridized carbons (Fsp3) is 0.286. The Bertz CT molecular complexity index is 843. The van der Waals surface area contributed by atoms with Crippen molar-refractivity contribution in [2.75, 3.05) is 44.7 Å². The highest BCUT2D eigenvalue weighted by Gasteiger charge is 2.11. The summed E-state index contributed by atoms with van der Waals surface area (Å²) in [5, 5.41) is 4.79. The third-order valence-corrected chi connectivity index (χ3v) is 4.63. The second-order valence-electron chi connectivity index (χ2n) is 6.32. The molecule has 1 aliphatic rings. The van der Waals surface area contributed by atoms with Crippen LogP contribution in [0.25, 0.3) is 22.2 Å². The Balaban J connectivity index is 0.00000131. The third-order valence-electron chi connectivity index (χ3n) is 4.63. The number of anilines is 1. The molecule has 7 heteroatoms. The van der Waals surface area contributed by atoms with Gasteiger partial charge in [-0.2, -0.15) is 0 Å². The number of halogens is 2. The summed E-state index contributed by atoms with van der Waals surface area (Å²) >= 11 is 0. The lowest BCUT2D eigenvalue weighted by molar-refractivity contribution is 0.0398. The number of nitrogens with zero attached hydrogens (tertiary/aromatic N) is 2. The van der Waals surface area contributed by atoms with E-state index in [1.54, 1.807) is 0 Å². The molecule has 1 aliphatic heterocycles. The van der Waals surface area contributed by atoms with Crippen LogP contribution in [0.3, 0.4) is 0 Å². The van der Waals surface area contributed by atoms with Crippen LogP contribution in [-0.2, 0) is 4.74 Å². The van der Waals surface area contributed by atoms with Crippen LogP contribution in [0, 0.1) is 0 Å². The molecule has 2 aromatic carbocycles. The van der Waals surface area contributed by atoms with Crippen LogP contribution in [0.5, 0.6) is 0 Å². The first-order chi connectivity index (χ1) is 12.4. The molecule has 2 heterocycles. The van der Waals surface area contributed by atoms with Gasteiger partial charge in [0.1, 0.15) is 0 Å². The summed E-state index contributed by atoms with van der Waals surface area (Å²) in [4.78, 5) is 7.28. The van der Waals surface area contributed by atoms with Crippen molar-refractivity contribution < 1.29 is 10.2 Å². The minimum absolute atomic E-state index is 0. The van der Waals surface area contributed by atoms with Crippen LogP contribution < -0.4 is 5.32 Å². The van der Waals surface area contributed by atoms with E-state index in [1.807, 2.05) is 12.1 Å². The van der Waals surface area contributed by atoms with E-state index in [0.717, 1.165) is 61.9 Å². The van der Waals surface area contributed by atoms with Crippen LogP contribution >= 0.6 is 34.0 Å². The van der Waals surface area contributed by atoms with Gasteiger partial charge in [-0.05, 0) is 12.1 Å². The van der Waals surface area contributed by atoms with E-state index in [1.165, 1.54) is 5.39 Å². The Morgan fingerprint density at radius 1 is 0.929 bits per heavy atom. The number of benzene rings is 2. The van der Waals surface area contributed by atoms with Gasteiger partial charge in [0.15, 0.2) is 0 Å². The number of ether oxygens (including phenoxy) is 1. The van der Waals surface area contributed by atoms with Gasteiger partial charge in [-0.25, -0.2) is 4.98 Å². The Morgan fingerprint density at radius 2 is 1.61 bits per heavy atom. The van der Waals surface area contributed by atoms with Gasteiger partial charge in [-0.1, -0.05) is 48.5 Å². The number of morpholine rings is 1. The maximum absolute atomic E-state index is 5.42. The van der Waals surface area contributed by atoms with Gasteiger partial charge < -0.3 is 15.5 Å². The van der Waals surface area contributed by atoms with Crippen LogP contribution in [0.4, 0.5) is 5.69 Å². The van der Waals surface area contributed by atoms with Gasteiger partial charge in [0.05, 0.1) is 24.4 Å². The molecule has 4 rings (SSSR count). The molecule has 0 aliphatic carbocycles. The molecule has 5 nitrogen and oxygen atoms in total. The zero-order valence-electron chi connectivity index (χ0n) is 15.6. The number of fused-ring (bicyclic) bond motifs is 1. The van der Waals surface area contributed by atoms with Crippen LogP contribution in [0.1, 0.15) is 0 Å². The molecule has 0 saturated carbocycles. The lowest BCUT2D eigenvalue weighted by Crippen LogP contribution is -2.39. The summed E-state index contributed by atoms with van der Waals surface area (Å²) in [6.07, 6.45) is 0. The quantitative estimate of drug-likeness (QED) is 0.561. The SMILES string of the molecule is Br.Br.O.c1ccc(-c2cc(NCCN3CCOCC3)c3ccccc3n2)cc1. The predicted octanol–water partition coefficient (Wildman–Crippen LogP) is 3.98. The van der Waals surface area contributed by atoms with Gasteiger partial charge in [0.2, 0.25) is 0 Å². The zero-order chi connectivity index (χ0) is 16.9. The first kappa shape index (κ1) is 24.5. The number of nitrogens with one attached hydrogen (secondary N) is 1. The maximum atomic E-state index is 5.42. The number of hydrogen-bond acceptors (Lipinski definition) is 4. The zero-order valence-corrected chi connectivity index (χ0v) is 19.1. The molecule has 28 heavy (non-hydrogen) atoms. The fourth-order valence-electron chi connectivity index (χ4n) is 3.25. The normalized spacial score (nSPS) is 13.7. The molecular formula is C21H27Br2N3O2. The van der Waals surface area contributed by atoms with E-state index in [0.29, 0.717) is 0 Å². The highest BCUT2D eigenvalue weighted by Crippen LogP contribution is 2.28. The Morgan fingerprint density at radius 3 is 2.36 bits per heavy atom. The van der Waals surface area contributed by atoms with Crippen molar-refractivity contribution in [2.45, 2.75) is 0 Å². The summed E-state index contributed by atoms with van der Waals surface area (Å²) in [5.74, 6) is 0. The summed E-state index contributed by atoms with van der Waals surface area (Å²) in [6, 6.07) is 20.8. The van der Waals surface area contributed by atoms with Crippen molar-refractivity contribution in [1.82, 2.24) is 9.88 Å². The molecule has 0 atom stereocenters. The van der Waals surface area contributed by atoms with E-state index in [-0.39, 0.29) is 39.4 Å². The van der Waals surface area contributed by atoms with Crippen molar-refractivity contribution in [3.8, 4) is 11.3 Å². The van der Waals surface area contributed by atoms with Gasteiger partial charge in [-0.3, -0.25) is 4.90 Å². The van der Waals surface area contributed by atoms with Crippen molar-refractivity contribution in [3.63, 3.8) is 0 Å². The Hall–Kier alpha value is -1.51. The molecule has 3 aromatic rings. The van der Waals surface area contributed by atoms with E-state index in [9.17, 15) is 0 Å². The molecule has 0 amide bonds. The lowest BCUT2D eigenvalue weighted by Gasteiger charge is -2.26. The largest absolute Gasteiger partial charge is 0.412 e. The topological polar surface area (TPSA) is 68.9 Å². The third kappa shape index (κ3) is 5.99. The monoisotopic (exact) mass is 511 g/mol. The molecule has 0 radical (unpaired) electrons. The van der Waals surface area contributed by atoms with E-state index in [2.05, 4.69) is 58.7 Å². The standard InChI is InChI=1S/C21H23N3O.2BrH.H2O/c1-2-6-17(7-3-1)20-16-21(18-8-4-5-9-19(18)23-20)22-10-11-24-12-14-25-15-13-24;;;/h1-9,16H,10-15H2,(H,22,23);2*1H;1H2. The molecule has 3 N–H and O–H groups in total. The average Bonchev–Trinajstić information content (AvgIpc) is 2.69. The second-order valence-corrected chi connectivity index (χ2v) is 6.32. The average molecular weight is 513 g/mol. The molecule has 1 aromatic heterocycles. The summed E-state index contributed by atoms with van der Waals surface area (Å²) in [5.41, 5.74) is 4.33. The molecule has 152 valence electrons. The molecule has 1 fully saturated rings. The molecule has 1 saturated heterocycles. The second kappa shape index (κ2) is 12.1. The van der Waals surface area contributed by atoms with Crippen LogP contribution in [0.2, 0.25) is 0 Å². The van der Waals surface area contributed by atoms with Crippen molar-refractivity contribution in [1.29, 1.82) is 0 Å². The Labute approximate surface area is 187 Å². The minimum atomic E-state index is 0. The lowest BCUT2D eigenvalue weighted by atomic mass is 10.1. The van der Waals surface area contributed by atoms with Gasteiger partial charge in [-0.15, -0.1) is 34.0 Å².